The third kappa shape index (κ3) is 3.55. The molecule has 92 valence electrons. The van der Waals surface area contributed by atoms with Crippen molar-refractivity contribution in [2.75, 3.05) is 0 Å². The largest absolute Gasteiger partial charge is 0.479 e. The van der Waals surface area contributed by atoms with Crippen LogP contribution in [0.15, 0.2) is 18.2 Å². The minimum atomic E-state index is -1.10. The van der Waals surface area contributed by atoms with Crippen molar-refractivity contribution < 1.29 is 23.8 Å². The SMILES string of the molecule is CCCC(Oc1ccc(F)cc1C=O)C(=O)O. The Bertz CT molecular complexity index is 417. The molecule has 0 aliphatic heterocycles. The Hall–Kier alpha value is -1.91. The van der Waals surface area contributed by atoms with E-state index in [1.54, 1.807) is 0 Å². The summed E-state index contributed by atoms with van der Waals surface area (Å²) < 4.78 is 18.0. The second-order valence-corrected chi connectivity index (χ2v) is 3.53. The maximum atomic E-state index is 12.8. The molecule has 0 saturated heterocycles. The van der Waals surface area contributed by atoms with Crippen molar-refractivity contribution in [2.45, 2.75) is 25.9 Å². The summed E-state index contributed by atoms with van der Waals surface area (Å²) in [5.41, 5.74) is 0.00681. The molecule has 0 amide bonds. The molecule has 1 rings (SSSR count). The molecule has 0 aromatic heterocycles. The number of aliphatic carboxylic acids is 1. The first-order valence-corrected chi connectivity index (χ1v) is 5.22. The molecule has 17 heavy (non-hydrogen) atoms. The minimum Gasteiger partial charge on any atom is -0.479 e. The third-order valence-corrected chi connectivity index (χ3v) is 2.19. The molecule has 1 atom stereocenters. The molecule has 0 aliphatic carbocycles. The van der Waals surface area contributed by atoms with Gasteiger partial charge in [-0.3, -0.25) is 4.79 Å². The van der Waals surface area contributed by atoms with Gasteiger partial charge in [0.2, 0.25) is 0 Å². The van der Waals surface area contributed by atoms with E-state index < -0.39 is 17.9 Å². The summed E-state index contributed by atoms with van der Waals surface area (Å²) in [6.45, 7) is 1.82. The number of halogens is 1. The Morgan fingerprint density at radius 3 is 2.82 bits per heavy atom. The summed E-state index contributed by atoms with van der Waals surface area (Å²) in [6, 6.07) is 3.38. The molecule has 0 aliphatic rings. The van der Waals surface area contributed by atoms with Gasteiger partial charge in [0.25, 0.3) is 0 Å². The minimum absolute atomic E-state index is 0.00681. The number of carboxylic acids is 1. The van der Waals surface area contributed by atoms with Gasteiger partial charge >= 0.3 is 5.97 Å². The summed E-state index contributed by atoms with van der Waals surface area (Å²) in [6.07, 6.45) is 0.368. The standard InChI is InChI=1S/C12H13FO4/c1-2-3-11(12(15)16)17-10-5-4-9(13)6-8(10)7-14/h4-7,11H,2-3H2,1H3,(H,15,16). The fraction of sp³-hybridized carbons (Fsp3) is 0.333. The van der Waals surface area contributed by atoms with Crippen LogP contribution in [0.3, 0.4) is 0 Å². The highest BCUT2D eigenvalue weighted by Gasteiger charge is 2.19. The summed E-state index contributed by atoms with van der Waals surface area (Å²) in [4.78, 5) is 21.6. The molecular weight excluding hydrogens is 227 g/mol. The highest BCUT2D eigenvalue weighted by molar-refractivity contribution is 5.80. The number of aldehydes is 1. The van der Waals surface area contributed by atoms with Gasteiger partial charge in [-0.05, 0) is 24.6 Å². The molecule has 0 bridgehead atoms. The Morgan fingerprint density at radius 1 is 1.59 bits per heavy atom. The number of carbonyl (C=O) groups excluding carboxylic acids is 1. The second-order valence-electron chi connectivity index (χ2n) is 3.53. The summed E-state index contributed by atoms with van der Waals surface area (Å²) in [5.74, 6) is -1.59. The van der Waals surface area contributed by atoms with Crippen molar-refractivity contribution in [1.29, 1.82) is 0 Å². The van der Waals surface area contributed by atoms with Crippen molar-refractivity contribution in [2.24, 2.45) is 0 Å². The summed E-state index contributed by atoms with van der Waals surface area (Å²) >= 11 is 0. The molecule has 0 heterocycles. The Balaban J connectivity index is 2.92. The fourth-order valence-electron chi connectivity index (χ4n) is 1.37. The van der Waals surface area contributed by atoms with Crippen LogP contribution in [0.2, 0.25) is 0 Å². The van der Waals surface area contributed by atoms with Crippen molar-refractivity contribution in [3.63, 3.8) is 0 Å². The van der Waals surface area contributed by atoms with Gasteiger partial charge in [-0.2, -0.15) is 0 Å². The van der Waals surface area contributed by atoms with Crippen LogP contribution in [0.4, 0.5) is 4.39 Å². The van der Waals surface area contributed by atoms with Crippen LogP contribution in [-0.2, 0) is 4.79 Å². The zero-order chi connectivity index (χ0) is 12.8. The monoisotopic (exact) mass is 240 g/mol. The highest BCUT2D eigenvalue weighted by Crippen LogP contribution is 2.20. The number of carbonyl (C=O) groups is 2. The zero-order valence-electron chi connectivity index (χ0n) is 9.35. The lowest BCUT2D eigenvalue weighted by Gasteiger charge is -2.15. The predicted molar refractivity (Wildman–Crippen MR) is 58.7 cm³/mol. The average molecular weight is 240 g/mol. The van der Waals surface area contributed by atoms with E-state index in [2.05, 4.69) is 0 Å². The quantitative estimate of drug-likeness (QED) is 0.775. The first-order valence-electron chi connectivity index (χ1n) is 5.22. The fourth-order valence-corrected chi connectivity index (χ4v) is 1.37. The highest BCUT2D eigenvalue weighted by atomic mass is 19.1. The van der Waals surface area contributed by atoms with E-state index in [1.807, 2.05) is 6.92 Å². The number of carboxylic acid groups (broad SMARTS) is 1. The predicted octanol–water partition coefficient (Wildman–Crippen LogP) is 2.27. The Kier molecular flexibility index (Phi) is 4.63. The van der Waals surface area contributed by atoms with E-state index in [4.69, 9.17) is 9.84 Å². The van der Waals surface area contributed by atoms with Gasteiger partial charge in [0, 0.05) is 0 Å². The normalized spacial score (nSPS) is 11.9. The van der Waals surface area contributed by atoms with E-state index in [0.29, 0.717) is 19.1 Å². The maximum Gasteiger partial charge on any atom is 0.344 e. The molecule has 0 saturated carbocycles. The molecule has 1 N–H and O–H groups in total. The second kappa shape index (κ2) is 5.98. The van der Waals surface area contributed by atoms with Gasteiger partial charge in [0.15, 0.2) is 12.4 Å². The van der Waals surface area contributed by atoms with Crippen LogP contribution in [0.1, 0.15) is 30.1 Å². The molecule has 0 radical (unpaired) electrons. The van der Waals surface area contributed by atoms with Gasteiger partial charge in [-0.1, -0.05) is 13.3 Å². The summed E-state index contributed by atoms with van der Waals surface area (Å²) in [5, 5.41) is 8.90. The van der Waals surface area contributed by atoms with Crippen LogP contribution in [0.5, 0.6) is 5.75 Å². The van der Waals surface area contributed by atoms with E-state index >= 15 is 0 Å². The molecule has 1 aromatic rings. The van der Waals surface area contributed by atoms with Crippen LogP contribution in [-0.4, -0.2) is 23.5 Å². The topological polar surface area (TPSA) is 63.6 Å². The van der Waals surface area contributed by atoms with Gasteiger partial charge in [0.05, 0.1) is 5.56 Å². The zero-order valence-corrected chi connectivity index (χ0v) is 9.35. The number of rotatable bonds is 6. The number of ether oxygens (including phenoxy) is 1. The lowest BCUT2D eigenvalue weighted by molar-refractivity contribution is -0.145. The van der Waals surface area contributed by atoms with Crippen LogP contribution >= 0.6 is 0 Å². The lowest BCUT2D eigenvalue weighted by atomic mass is 10.2. The molecule has 0 spiro atoms. The van der Waals surface area contributed by atoms with E-state index in [0.717, 1.165) is 12.1 Å². The van der Waals surface area contributed by atoms with Gasteiger partial charge < -0.3 is 9.84 Å². The van der Waals surface area contributed by atoms with Crippen molar-refractivity contribution >= 4 is 12.3 Å². The van der Waals surface area contributed by atoms with E-state index in [1.165, 1.54) is 6.07 Å². The van der Waals surface area contributed by atoms with Crippen molar-refractivity contribution in [3.8, 4) is 5.75 Å². The smallest absolute Gasteiger partial charge is 0.344 e. The van der Waals surface area contributed by atoms with E-state index in [9.17, 15) is 14.0 Å². The maximum absolute atomic E-state index is 12.8. The summed E-state index contributed by atoms with van der Waals surface area (Å²) in [7, 11) is 0. The average Bonchev–Trinajstić information content (AvgIpc) is 2.30. The molecule has 0 fully saturated rings. The first kappa shape index (κ1) is 13.2. The Labute approximate surface area is 98.0 Å². The number of hydrogen-bond acceptors (Lipinski definition) is 3. The molecule has 1 unspecified atom stereocenters. The molecule has 1 aromatic carbocycles. The lowest BCUT2D eigenvalue weighted by Crippen LogP contribution is -2.27. The molecule has 4 nitrogen and oxygen atoms in total. The molecular formula is C12H13FO4. The van der Waals surface area contributed by atoms with Gasteiger partial charge in [-0.25, -0.2) is 9.18 Å². The van der Waals surface area contributed by atoms with Gasteiger partial charge in [-0.15, -0.1) is 0 Å². The van der Waals surface area contributed by atoms with Crippen molar-refractivity contribution in [3.05, 3.63) is 29.6 Å². The molecule has 5 heteroatoms. The van der Waals surface area contributed by atoms with E-state index in [-0.39, 0.29) is 11.3 Å². The third-order valence-electron chi connectivity index (χ3n) is 2.19. The first-order chi connectivity index (χ1) is 8.08. The Morgan fingerprint density at radius 2 is 2.29 bits per heavy atom. The van der Waals surface area contributed by atoms with Crippen LogP contribution in [0, 0.1) is 5.82 Å². The van der Waals surface area contributed by atoms with Crippen LogP contribution < -0.4 is 4.74 Å². The number of benzene rings is 1. The van der Waals surface area contributed by atoms with Crippen LogP contribution in [0.25, 0.3) is 0 Å². The number of hydrogen-bond donors (Lipinski definition) is 1. The van der Waals surface area contributed by atoms with Crippen molar-refractivity contribution in [1.82, 2.24) is 0 Å². The van der Waals surface area contributed by atoms with Gasteiger partial charge in [0.1, 0.15) is 11.6 Å².